The second-order valence-corrected chi connectivity index (χ2v) is 11.5. The molecular weight excluding hydrogens is 538 g/mol. The van der Waals surface area contributed by atoms with Gasteiger partial charge < -0.3 is 15.7 Å². The minimum atomic E-state index is -4.78. The molecule has 0 heterocycles. The third-order valence-electron chi connectivity index (χ3n) is 6.00. The molecule has 1 amide bonds. The Hall–Kier alpha value is -2.54. The fourth-order valence-electron chi connectivity index (χ4n) is 4.09. The Balaban J connectivity index is 2.15. The number of aliphatic hydroxyl groups excluding tert-OH is 1. The number of hydrogen-bond donors (Lipinski definition) is 3. The van der Waals surface area contributed by atoms with Crippen LogP contribution in [-0.4, -0.2) is 61.3 Å². The number of benzene rings is 2. The summed E-state index contributed by atoms with van der Waals surface area (Å²) in [4.78, 5) is 12.7. The van der Waals surface area contributed by atoms with Crippen LogP contribution in [0.3, 0.4) is 0 Å². The maximum atomic E-state index is 14.0. The SMILES string of the molecule is CCCN(CCC)S(=O)(=O)CCC(=O)N[C@@H](Cc1cc(F)cc(C(F)(F)F)c1)[C@@H](O)CNCc1ccccc1. The number of halogens is 4. The molecule has 2 aromatic rings. The molecule has 0 saturated carbocycles. The number of amides is 1. The molecule has 0 aliphatic heterocycles. The van der Waals surface area contributed by atoms with Crippen molar-refractivity contribution < 1.29 is 35.9 Å². The Labute approximate surface area is 227 Å². The van der Waals surface area contributed by atoms with Gasteiger partial charge in [-0.3, -0.25) is 4.79 Å². The Morgan fingerprint density at radius 2 is 1.67 bits per heavy atom. The van der Waals surface area contributed by atoms with Crippen molar-refractivity contribution in [3.05, 3.63) is 71.0 Å². The molecule has 7 nitrogen and oxygen atoms in total. The largest absolute Gasteiger partial charge is 0.416 e. The summed E-state index contributed by atoms with van der Waals surface area (Å²) in [6, 6.07) is 10.2. The zero-order chi connectivity index (χ0) is 29.1. The number of rotatable bonds is 16. The predicted octanol–water partition coefficient (Wildman–Crippen LogP) is 3.86. The molecule has 0 aromatic heterocycles. The number of aliphatic hydroxyl groups is 1. The predicted molar refractivity (Wildman–Crippen MR) is 142 cm³/mol. The smallest absolute Gasteiger partial charge is 0.390 e. The molecule has 0 fully saturated rings. The number of nitrogens with one attached hydrogen (secondary N) is 2. The molecule has 12 heteroatoms. The van der Waals surface area contributed by atoms with Gasteiger partial charge in [0, 0.05) is 32.6 Å². The maximum absolute atomic E-state index is 14.0. The molecule has 0 aliphatic rings. The number of carbonyl (C=O) groups is 1. The maximum Gasteiger partial charge on any atom is 0.416 e. The molecule has 39 heavy (non-hydrogen) atoms. The first-order chi connectivity index (χ1) is 18.4. The van der Waals surface area contributed by atoms with Gasteiger partial charge in [-0.05, 0) is 48.6 Å². The van der Waals surface area contributed by atoms with Gasteiger partial charge in [0.2, 0.25) is 15.9 Å². The quantitative estimate of drug-likeness (QED) is 0.264. The highest BCUT2D eigenvalue weighted by Crippen LogP contribution is 2.30. The van der Waals surface area contributed by atoms with Gasteiger partial charge in [0.1, 0.15) is 5.82 Å². The molecule has 2 aromatic carbocycles. The topological polar surface area (TPSA) is 98.7 Å². The number of carbonyl (C=O) groups excluding carboxylic acids is 1. The number of nitrogens with zero attached hydrogens (tertiary/aromatic N) is 1. The molecule has 0 bridgehead atoms. The fourth-order valence-corrected chi connectivity index (χ4v) is 5.71. The normalized spacial score (nSPS) is 13.8. The number of alkyl halides is 3. The molecule has 0 radical (unpaired) electrons. The minimum absolute atomic E-state index is 0.0274. The highest BCUT2D eigenvalue weighted by molar-refractivity contribution is 7.89. The molecule has 218 valence electrons. The average molecular weight is 576 g/mol. The van der Waals surface area contributed by atoms with E-state index in [-0.39, 0.29) is 18.5 Å². The summed E-state index contributed by atoms with van der Waals surface area (Å²) in [5, 5.41) is 16.4. The summed E-state index contributed by atoms with van der Waals surface area (Å²) in [6.45, 7) is 4.71. The molecule has 2 atom stereocenters. The van der Waals surface area contributed by atoms with Crippen molar-refractivity contribution in [1.29, 1.82) is 0 Å². The van der Waals surface area contributed by atoms with E-state index in [1.54, 1.807) is 0 Å². The van der Waals surface area contributed by atoms with Crippen molar-refractivity contribution in [2.45, 2.75) is 64.4 Å². The summed E-state index contributed by atoms with van der Waals surface area (Å²) in [5.41, 5.74) is -0.323. The second kappa shape index (κ2) is 15.3. The Morgan fingerprint density at radius 1 is 1.03 bits per heavy atom. The van der Waals surface area contributed by atoms with Crippen molar-refractivity contribution in [2.24, 2.45) is 0 Å². The van der Waals surface area contributed by atoms with E-state index in [1.807, 2.05) is 44.2 Å². The van der Waals surface area contributed by atoms with Crippen molar-refractivity contribution >= 4 is 15.9 Å². The Bertz CT molecular complexity index is 1140. The molecular formula is C27H37F4N3O4S. The lowest BCUT2D eigenvalue weighted by Crippen LogP contribution is -2.49. The van der Waals surface area contributed by atoms with Crippen molar-refractivity contribution in [3.63, 3.8) is 0 Å². The van der Waals surface area contributed by atoms with Gasteiger partial charge in [0.25, 0.3) is 0 Å². The first kappa shape index (κ1) is 32.7. The first-order valence-electron chi connectivity index (χ1n) is 12.9. The highest BCUT2D eigenvalue weighted by Gasteiger charge is 2.32. The van der Waals surface area contributed by atoms with E-state index in [9.17, 15) is 35.9 Å². The first-order valence-corrected chi connectivity index (χ1v) is 14.5. The summed E-state index contributed by atoms with van der Waals surface area (Å²) in [5.74, 6) is -2.24. The van der Waals surface area contributed by atoms with Crippen LogP contribution in [0.1, 0.15) is 49.8 Å². The van der Waals surface area contributed by atoms with Crippen LogP contribution in [0, 0.1) is 5.82 Å². The van der Waals surface area contributed by atoms with E-state index < -0.39 is 57.8 Å². The monoisotopic (exact) mass is 575 g/mol. The van der Waals surface area contributed by atoms with Crippen LogP contribution < -0.4 is 10.6 Å². The third kappa shape index (κ3) is 11.2. The fraction of sp³-hybridized carbons (Fsp3) is 0.519. The zero-order valence-electron chi connectivity index (χ0n) is 22.2. The molecule has 3 N–H and O–H groups in total. The van der Waals surface area contributed by atoms with E-state index in [0.29, 0.717) is 38.5 Å². The lowest BCUT2D eigenvalue weighted by atomic mass is 9.98. The number of hydrogen-bond acceptors (Lipinski definition) is 5. The molecule has 0 aliphatic carbocycles. The van der Waals surface area contributed by atoms with Gasteiger partial charge in [0.15, 0.2) is 0 Å². The van der Waals surface area contributed by atoms with Crippen molar-refractivity contribution in [3.8, 4) is 0 Å². The van der Waals surface area contributed by atoms with E-state index in [1.165, 1.54) is 4.31 Å². The van der Waals surface area contributed by atoms with Gasteiger partial charge >= 0.3 is 6.18 Å². The van der Waals surface area contributed by atoms with Crippen molar-refractivity contribution in [1.82, 2.24) is 14.9 Å². The molecule has 0 unspecified atom stereocenters. The summed E-state index contributed by atoms with van der Waals surface area (Å²) < 4.78 is 80.4. The van der Waals surface area contributed by atoms with Crippen LogP contribution in [0.4, 0.5) is 17.6 Å². The summed E-state index contributed by atoms with van der Waals surface area (Å²) >= 11 is 0. The van der Waals surface area contributed by atoms with Crippen LogP contribution in [-0.2, 0) is 34.0 Å². The van der Waals surface area contributed by atoms with Crippen LogP contribution in [0.2, 0.25) is 0 Å². The lowest BCUT2D eigenvalue weighted by Gasteiger charge is -2.26. The summed E-state index contributed by atoms with van der Waals surface area (Å²) in [6.07, 6.45) is -5.51. The Kier molecular flexibility index (Phi) is 12.8. The van der Waals surface area contributed by atoms with E-state index in [4.69, 9.17) is 0 Å². The zero-order valence-corrected chi connectivity index (χ0v) is 23.0. The van der Waals surface area contributed by atoms with Gasteiger partial charge in [-0.2, -0.15) is 13.2 Å². The molecule has 2 rings (SSSR count). The molecule has 0 spiro atoms. The lowest BCUT2D eigenvalue weighted by molar-refractivity contribution is -0.137. The van der Waals surface area contributed by atoms with Gasteiger partial charge in [-0.25, -0.2) is 17.1 Å². The molecule has 0 saturated heterocycles. The average Bonchev–Trinajstić information content (AvgIpc) is 2.87. The highest BCUT2D eigenvalue weighted by atomic mass is 32.2. The minimum Gasteiger partial charge on any atom is -0.390 e. The number of sulfonamides is 1. The van der Waals surface area contributed by atoms with E-state index >= 15 is 0 Å². The Morgan fingerprint density at radius 3 is 2.26 bits per heavy atom. The van der Waals surface area contributed by atoms with Crippen LogP contribution >= 0.6 is 0 Å². The van der Waals surface area contributed by atoms with E-state index in [0.717, 1.165) is 17.7 Å². The second-order valence-electron chi connectivity index (χ2n) is 9.37. The standard InChI is InChI=1S/C27H37F4N3O4S/c1-3-11-34(12-4-2)39(37,38)13-10-26(36)33-24(25(35)19-32-18-20-8-6-5-7-9-20)16-21-14-22(27(29,30)31)17-23(28)15-21/h5-9,14-15,17,24-25,32,35H,3-4,10-13,16,18-19H2,1-2H3,(H,33,36)/t24-,25-/m0/s1. The van der Waals surface area contributed by atoms with Gasteiger partial charge in [0.05, 0.1) is 23.5 Å². The summed E-state index contributed by atoms with van der Waals surface area (Å²) in [7, 11) is -3.71. The van der Waals surface area contributed by atoms with Crippen LogP contribution in [0.5, 0.6) is 0 Å². The van der Waals surface area contributed by atoms with E-state index in [2.05, 4.69) is 10.6 Å². The van der Waals surface area contributed by atoms with Gasteiger partial charge in [-0.15, -0.1) is 0 Å². The van der Waals surface area contributed by atoms with Crippen LogP contribution in [0.15, 0.2) is 48.5 Å². The van der Waals surface area contributed by atoms with Crippen molar-refractivity contribution in [2.75, 3.05) is 25.4 Å². The van der Waals surface area contributed by atoms with Crippen LogP contribution in [0.25, 0.3) is 0 Å². The van der Waals surface area contributed by atoms with Gasteiger partial charge in [-0.1, -0.05) is 44.2 Å². The third-order valence-corrected chi connectivity index (χ3v) is 7.88.